The Kier molecular flexibility index (Phi) is 3.23. The summed E-state index contributed by atoms with van der Waals surface area (Å²) in [7, 11) is 2.25. The summed E-state index contributed by atoms with van der Waals surface area (Å²) in [6.45, 7) is 3.27. The molecule has 0 spiro atoms. The number of likely N-dealkylation sites (tertiary alicyclic amines) is 1. The van der Waals surface area contributed by atoms with Crippen LogP contribution in [0.15, 0.2) is 6.33 Å². The minimum Gasteiger partial charge on any atom is -0.354 e. The van der Waals surface area contributed by atoms with Crippen molar-refractivity contribution in [2.45, 2.75) is 25.3 Å². The van der Waals surface area contributed by atoms with Crippen LogP contribution in [0.25, 0.3) is 11.2 Å². The first-order valence-corrected chi connectivity index (χ1v) is 7.92. The summed E-state index contributed by atoms with van der Waals surface area (Å²) < 4.78 is 0. The van der Waals surface area contributed by atoms with Crippen molar-refractivity contribution in [1.82, 2.24) is 24.8 Å². The van der Waals surface area contributed by atoms with Crippen LogP contribution in [0.5, 0.6) is 0 Å². The van der Waals surface area contributed by atoms with Crippen LogP contribution in [0.2, 0.25) is 5.28 Å². The number of anilines is 1. The Balaban J connectivity index is 1.66. The van der Waals surface area contributed by atoms with Gasteiger partial charge >= 0.3 is 0 Å². The zero-order valence-corrected chi connectivity index (χ0v) is 12.8. The van der Waals surface area contributed by atoms with Crippen molar-refractivity contribution < 1.29 is 0 Å². The molecule has 0 aliphatic carbocycles. The molecule has 0 radical (unpaired) electrons. The first-order valence-electron chi connectivity index (χ1n) is 7.54. The summed E-state index contributed by atoms with van der Waals surface area (Å²) in [6, 6.07) is 0.713. The second kappa shape index (κ2) is 5.10. The van der Waals surface area contributed by atoms with Gasteiger partial charge in [-0.15, -0.1) is 0 Å². The highest BCUT2D eigenvalue weighted by atomic mass is 35.5. The maximum absolute atomic E-state index is 6.05. The highest BCUT2D eigenvalue weighted by molar-refractivity contribution is 6.28. The number of imidazole rings is 1. The Hall–Kier alpha value is -1.40. The molecule has 0 aromatic carbocycles. The first-order chi connectivity index (χ1) is 10.2. The fourth-order valence-corrected chi connectivity index (χ4v) is 4.03. The Labute approximate surface area is 128 Å². The molecular formula is C14H19ClN6. The van der Waals surface area contributed by atoms with Gasteiger partial charge < -0.3 is 14.8 Å². The molecule has 1 N–H and O–H groups in total. The van der Waals surface area contributed by atoms with Gasteiger partial charge in [0.05, 0.1) is 6.33 Å². The number of nitrogens with one attached hydrogen (secondary N) is 1. The fourth-order valence-electron chi connectivity index (χ4n) is 3.87. The van der Waals surface area contributed by atoms with E-state index >= 15 is 0 Å². The summed E-state index contributed by atoms with van der Waals surface area (Å²) in [6.07, 6.45) is 5.42. The number of nitrogens with zero attached hydrogens (tertiary/aromatic N) is 5. The Morgan fingerprint density at radius 1 is 1.29 bits per heavy atom. The fraction of sp³-hybridized carbons (Fsp3) is 0.643. The molecule has 21 heavy (non-hydrogen) atoms. The summed E-state index contributed by atoms with van der Waals surface area (Å²) in [5.41, 5.74) is 1.54. The SMILES string of the molecule is CN1CCCC2CN(c3nc(Cl)nc4nc[nH]c34)CCC21. The van der Waals surface area contributed by atoms with Crippen LogP contribution in [0, 0.1) is 5.92 Å². The van der Waals surface area contributed by atoms with E-state index in [0.717, 1.165) is 24.4 Å². The van der Waals surface area contributed by atoms with E-state index in [9.17, 15) is 0 Å². The smallest absolute Gasteiger partial charge is 0.226 e. The highest BCUT2D eigenvalue weighted by Gasteiger charge is 2.35. The molecule has 0 bridgehead atoms. The van der Waals surface area contributed by atoms with Gasteiger partial charge in [-0.1, -0.05) is 0 Å². The number of piperidine rings is 2. The molecule has 0 saturated carbocycles. The van der Waals surface area contributed by atoms with Gasteiger partial charge in [0.25, 0.3) is 0 Å². The number of aromatic nitrogens is 4. The minimum absolute atomic E-state index is 0.271. The molecule has 2 unspecified atom stereocenters. The average molecular weight is 307 g/mol. The number of rotatable bonds is 1. The van der Waals surface area contributed by atoms with Crippen LogP contribution in [0.4, 0.5) is 5.82 Å². The Morgan fingerprint density at radius 3 is 3.10 bits per heavy atom. The number of fused-ring (bicyclic) bond motifs is 2. The first kappa shape index (κ1) is 13.3. The van der Waals surface area contributed by atoms with Gasteiger partial charge in [0.1, 0.15) is 5.52 Å². The summed E-state index contributed by atoms with van der Waals surface area (Å²) in [4.78, 5) is 20.8. The molecule has 2 aromatic heterocycles. The molecule has 6 nitrogen and oxygen atoms in total. The maximum atomic E-state index is 6.05. The predicted molar refractivity (Wildman–Crippen MR) is 82.7 cm³/mol. The normalized spacial score (nSPS) is 27.0. The Bertz CT molecular complexity index is 656. The average Bonchev–Trinajstić information content (AvgIpc) is 2.94. The van der Waals surface area contributed by atoms with Gasteiger partial charge in [0.2, 0.25) is 5.28 Å². The highest BCUT2D eigenvalue weighted by Crippen LogP contribution is 2.33. The van der Waals surface area contributed by atoms with Gasteiger partial charge in [-0.25, -0.2) is 4.98 Å². The van der Waals surface area contributed by atoms with E-state index in [1.165, 1.54) is 25.8 Å². The second-order valence-electron chi connectivity index (χ2n) is 6.10. The van der Waals surface area contributed by atoms with E-state index in [2.05, 4.69) is 36.8 Å². The van der Waals surface area contributed by atoms with E-state index in [-0.39, 0.29) is 5.28 Å². The van der Waals surface area contributed by atoms with Crippen molar-refractivity contribution in [3.63, 3.8) is 0 Å². The zero-order valence-electron chi connectivity index (χ0n) is 12.1. The predicted octanol–water partition coefficient (Wildman–Crippen LogP) is 1.93. The van der Waals surface area contributed by atoms with Gasteiger partial charge in [-0.3, -0.25) is 0 Å². The molecule has 112 valence electrons. The third-order valence-corrected chi connectivity index (χ3v) is 5.05. The lowest BCUT2D eigenvalue weighted by atomic mass is 9.84. The van der Waals surface area contributed by atoms with E-state index in [0.29, 0.717) is 17.6 Å². The third kappa shape index (κ3) is 2.26. The van der Waals surface area contributed by atoms with Crippen molar-refractivity contribution >= 4 is 28.6 Å². The summed E-state index contributed by atoms with van der Waals surface area (Å²) >= 11 is 6.05. The van der Waals surface area contributed by atoms with Gasteiger partial charge in [-0.2, -0.15) is 9.97 Å². The van der Waals surface area contributed by atoms with Crippen LogP contribution in [0.1, 0.15) is 19.3 Å². The lowest BCUT2D eigenvalue weighted by Crippen LogP contribution is -2.53. The lowest BCUT2D eigenvalue weighted by molar-refractivity contribution is 0.102. The number of halogens is 1. The molecule has 2 aliphatic rings. The van der Waals surface area contributed by atoms with Crippen molar-refractivity contribution in [2.24, 2.45) is 5.92 Å². The van der Waals surface area contributed by atoms with Crippen LogP contribution in [-0.2, 0) is 0 Å². The van der Waals surface area contributed by atoms with E-state index in [1.54, 1.807) is 6.33 Å². The van der Waals surface area contributed by atoms with Crippen molar-refractivity contribution in [3.05, 3.63) is 11.6 Å². The largest absolute Gasteiger partial charge is 0.354 e. The maximum Gasteiger partial charge on any atom is 0.226 e. The topological polar surface area (TPSA) is 60.9 Å². The molecule has 2 atom stereocenters. The molecule has 0 amide bonds. The quantitative estimate of drug-likeness (QED) is 0.816. The van der Waals surface area contributed by atoms with Crippen LogP contribution in [-0.4, -0.2) is 57.6 Å². The number of H-pyrrole nitrogens is 1. The minimum atomic E-state index is 0.271. The van der Waals surface area contributed by atoms with E-state index in [1.807, 2.05) is 0 Å². The molecular weight excluding hydrogens is 288 g/mol. The monoisotopic (exact) mass is 306 g/mol. The van der Waals surface area contributed by atoms with Gasteiger partial charge in [-0.05, 0) is 50.4 Å². The van der Waals surface area contributed by atoms with Crippen molar-refractivity contribution in [1.29, 1.82) is 0 Å². The van der Waals surface area contributed by atoms with Crippen LogP contribution in [0.3, 0.4) is 0 Å². The molecule has 2 fully saturated rings. The van der Waals surface area contributed by atoms with Crippen molar-refractivity contribution in [2.75, 3.05) is 31.6 Å². The molecule has 7 heteroatoms. The third-order valence-electron chi connectivity index (χ3n) is 4.88. The van der Waals surface area contributed by atoms with Crippen LogP contribution >= 0.6 is 11.6 Å². The van der Waals surface area contributed by atoms with E-state index < -0.39 is 0 Å². The van der Waals surface area contributed by atoms with Crippen molar-refractivity contribution in [3.8, 4) is 0 Å². The molecule has 4 heterocycles. The standard InChI is InChI=1S/C14H19ClN6/c1-20-5-2-3-9-7-21(6-4-10(9)20)13-11-12(17-8-16-11)18-14(15)19-13/h8-10H,2-7H2,1H3,(H,16,17,18,19). The molecule has 2 aromatic rings. The molecule has 2 saturated heterocycles. The lowest BCUT2D eigenvalue weighted by Gasteiger charge is -2.46. The molecule has 2 aliphatic heterocycles. The molecule has 4 rings (SSSR count). The van der Waals surface area contributed by atoms with Gasteiger partial charge in [0.15, 0.2) is 11.5 Å². The van der Waals surface area contributed by atoms with Crippen LogP contribution < -0.4 is 4.90 Å². The van der Waals surface area contributed by atoms with E-state index in [4.69, 9.17) is 11.6 Å². The summed E-state index contributed by atoms with van der Waals surface area (Å²) in [5.74, 6) is 1.61. The Morgan fingerprint density at radius 2 is 2.19 bits per heavy atom. The number of hydrogen-bond donors (Lipinski definition) is 1. The van der Waals surface area contributed by atoms with Gasteiger partial charge in [0, 0.05) is 19.1 Å². The summed E-state index contributed by atoms with van der Waals surface area (Å²) in [5, 5.41) is 0.271. The second-order valence-corrected chi connectivity index (χ2v) is 6.44. The number of aromatic amines is 1. The zero-order chi connectivity index (χ0) is 14.4. The number of hydrogen-bond acceptors (Lipinski definition) is 5.